The molecule has 1 aliphatic rings. The summed E-state index contributed by atoms with van der Waals surface area (Å²) >= 11 is 2.34. The molecule has 3 aromatic rings. The second-order valence-electron chi connectivity index (χ2n) is 8.66. The number of fused-ring (bicyclic) bond motifs is 2. The van der Waals surface area contributed by atoms with Gasteiger partial charge in [0.25, 0.3) is 0 Å². The minimum Gasteiger partial charge on any atom is -0.747 e. The van der Waals surface area contributed by atoms with Gasteiger partial charge in [-0.1, -0.05) is 0 Å². The number of allylic oxidation sites excluding steroid dienone is 1. The van der Waals surface area contributed by atoms with Gasteiger partial charge in [0.1, 0.15) is 26.4 Å². The first kappa shape index (κ1) is 37.2. The average Bonchev–Trinajstić information content (AvgIpc) is 3.51. The Balaban J connectivity index is 0.000000696. The van der Waals surface area contributed by atoms with E-state index < -0.39 is 32.0 Å². The quantitative estimate of drug-likeness (QED) is 0.219. The number of hydrogen-bond donors (Lipinski definition) is 1. The van der Waals surface area contributed by atoms with Crippen LogP contribution in [0.3, 0.4) is 0 Å². The molecule has 0 fully saturated rings. The number of nitrogens with zero attached hydrogens (tertiary/aromatic N) is 4. The van der Waals surface area contributed by atoms with Crippen molar-refractivity contribution < 1.29 is 35.4 Å². The summed E-state index contributed by atoms with van der Waals surface area (Å²) in [7, 11) is -9.28. The Labute approximate surface area is 257 Å². The maximum absolute atomic E-state index is 11.6. The van der Waals surface area contributed by atoms with Crippen LogP contribution >= 0.6 is 23.1 Å². The first-order chi connectivity index (χ1) is 19.8. The number of pyridine rings is 1. The van der Waals surface area contributed by atoms with E-state index in [1.54, 1.807) is 43.0 Å². The molecule has 42 heavy (non-hydrogen) atoms. The van der Waals surface area contributed by atoms with Gasteiger partial charge in [-0.2, -0.15) is 13.3 Å². The van der Waals surface area contributed by atoms with Crippen LogP contribution in [0.4, 0.5) is 5.69 Å². The van der Waals surface area contributed by atoms with E-state index in [1.807, 2.05) is 0 Å². The Morgan fingerprint density at radius 2 is 1.48 bits per heavy atom. The van der Waals surface area contributed by atoms with Gasteiger partial charge in [-0.05, 0) is 75.9 Å². The van der Waals surface area contributed by atoms with Gasteiger partial charge in [-0.25, -0.2) is 16.8 Å². The lowest BCUT2D eigenvalue weighted by atomic mass is 10.1. The van der Waals surface area contributed by atoms with Gasteiger partial charge in [-0.3, -0.25) is 0 Å². The highest BCUT2D eigenvalue weighted by Gasteiger charge is 2.27. The summed E-state index contributed by atoms with van der Waals surface area (Å²) in [5.74, 6) is -1.65. The first-order valence-electron chi connectivity index (χ1n) is 12.9. The van der Waals surface area contributed by atoms with Crippen LogP contribution in [0.5, 0.6) is 0 Å². The van der Waals surface area contributed by atoms with Gasteiger partial charge >= 0.3 is 0 Å². The topological polar surface area (TPSA) is 152 Å². The van der Waals surface area contributed by atoms with E-state index in [1.165, 1.54) is 58.2 Å². The third-order valence-corrected chi connectivity index (χ3v) is 8.99. The molecule has 0 saturated carbocycles. The SMILES string of the molecule is C=C.C=C.CC[NH+](CC)CC.Cc1nsc2c1N(CS(=O)(=O)[O-])/C(=C/c1ccc3snc(C)c3[n+]1CS(=O)(=O)[O-])C=C2. The lowest BCUT2D eigenvalue weighted by molar-refractivity contribution is -0.894. The van der Waals surface area contributed by atoms with Crippen molar-refractivity contribution in [1.29, 1.82) is 0 Å². The van der Waals surface area contributed by atoms with Gasteiger partial charge in [0.05, 0.1) is 35.9 Å². The third-order valence-electron chi connectivity index (χ3n) is 6.06. The fourth-order valence-corrected chi connectivity index (χ4v) is 6.93. The van der Waals surface area contributed by atoms with Crippen molar-refractivity contribution in [1.82, 2.24) is 8.75 Å². The van der Waals surface area contributed by atoms with Gasteiger partial charge in [0, 0.05) is 17.8 Å². The number of quaternary nitrogens is 1. The molecule has 0 aromatic carbocycles. The number of anilines is 1. The number of aryl methyl sites for hydroxylation is 2. The number of aromatic nitrogens is 3. The molecule has 3 aromatic heterocycles. The smallest absolute Gasteiger partial charge is 0.247 e. The lowest BCUT2D eigenvalue weighted by Gasteiger charge is -2.29. The largest absolute Gasteiger partial charge is 0.747 e. The van der Waals surface area contributed by atoms with Crippen LogP contribution in [0.1, 0.15) is 42.7 Å². The van der Waals surface area contributed by atoms with E-state index in [4.69, 9.17) is 0 Å². The normalized spacial score (nSPS) is 13.5. The maximum Gasteiger partial charge on any atom is 0.247 e. The second-order valence-corrected chi connectivity index (χ2v) is 13.0. The Hall–Kier alpha value is -2.79. The van der Waals surface area contributed by atoms with Crippen molar-refractivity contribution in [3.05, 3.63) is 72.2 Å². The molecule has 11 nitrogen and oxygen atoms in total. The van der Waals surface area contributed by atoms with E-state index in [-0.39, 0.29) is 0 Å². The van der Waals surface area contributed by atoms with E-state index >= 15 is 0 Å². The molecule has 0 atom stereocenters. The van der Waals surface area contributed by atoms with Gasteiger partial charge in [0.15, 0.2) is 10.1 Å². The minimum absolute atomic E-state index is 0.340. The molecule has 1 N–H and O–H groups in total. The summed E-state index contributed by atoms with van der Waals surface area (Å²) in [5.41, 5.74) is 2.79. The highest BCUT2D eigenvalue weighted by Crippen LogP contribution is 2.37. The fraction of sp³-hybridized carbons (Fsp3) is 0.370. The molecule has 0 saturated heterocycles. The van der Waals surface area contributed by atoms with E-state index in [0.717, 1.165) is 0 Å². The summed E-state index contributed by atoms with van der Waals surface area (Å²) in [6, 6.07) is 3.36. The third kappa shape index (κ3) is 10.2. The van der Waals surface area contributed by atoms with Crippen LogP contribution in [-0.4, -0.2) is 60.2 Å². The average molecular weight is 658 g/mol. The molecule has 4 heterocycles. The lowest BCUT2D eigenvalue weighted by Crippen LogP contribution is -3.11. The van der Waals surface area contributed by atoms with Crippen molar-refractivity contribution in [2.75, 3.05) is 30.4 Å². The fourth-order valence-electron chi connectivity index (χ4n) is 4.15. The van der Waals surface area contributed by atoms with Crippen LogP contribution in [0.15, 0.2) is 50.2 Å². The maximum atomic E-state index is 11.6. The second kappa shape index (κ2) is 16.7. The molecule has 1 aliphatic heterocycles. The summed E-state index contributed by atoms with van der Waals surface area (Å²) < 4.78 is 80.0. The standard InChI is InChI=1S/C17H16N4O6S4.C6H15N.2C2H4/c1-10-16-14(28-18-10)5-3-12(20(16)8-30(22,23)24)7-13-4-6-15-17(11(2)19-29-15)21(13)9-31(25,26)27;1-4-7(5-2)6-3;2*1-2/h3-7H,8-9H2,1-2H3,(H-,22,23,24,25,26,27);4-6H2,1-3H3;2*1-2H2. The molecule has 0 spiro atoms. The molecular weight excluding hydrogens is 619 g/mol. The van der Waals surface area contributed by atoms with E-state index in [0.29, 0.717) is 43.6 Å². The van der Waals surface area contributed by atoms with Gasteiger partial charge in [0.2, 0.25) is 17.1 Å². The molecule has 4 rings (SSSR count). The highest BCUT2D eigenvalue weighted by atomic mass is 32.2. The van der Waals surface area contributed by atoms with Gasteiger partial charge < -0.3 is 18.9 Å². The molecule has 0 aliphatic carbocycles. The van der Waals surface area contributed by atoms with Crippen LogP contribution in [-0.2, 0) is 26.1 Å². The zero-order valence-electron chi connectivity index (χ0n) is 24.6. The molecule has 232 valence electrons. The summed E-state index contributed by atoms with van der Waals surface area (Å²) in [6.07, 6.45) is 4.89. The predicted octanol–water partition coefficient (Wildman–Crippen LogP) is 3.07. The van der Waals surface area contributed by atoms with Crippen molar-refractivity contribution in [3.8, 4) is 0 Å². The molecule has 0 unspecified atom stereocenters. The van der Waals surface area contributed by atoms with Crippen LogP contribution in [0.25, 0.3) is 22.4 Å². The monoisotopic (exact) mass is 657 g/mol. The zero-order valence-corrected chi connectivity index (χ0v) is 27.9. The Morgan fingerprint density at radius 1 is 0.905 bits per heavy atom. The highest BCUT2D eigenvalue weighted by molar-refractivity contribution is 7.85. The predicted molar refractivity (Wildman–Crippen MR) is 170 cm³/mol. The van der Waals surface area contributed by atoms with Crippen LogP contribution in [0.2, 0.25) is 0 Å². The first-order valence-corrected chi connectivity index (χ1v) is 17.6. The summed E-state index contributed by atoms with van der Waals surface area (Å²) in [6.45, 7) is 25.9. The van der Waals surface area contributed by atoms with E-state index in [2.05, 4.69) is 55.8 Å². The molecule has 0 bridgehead atoms. The van der Waals surface area contributed by atoms with Crippen molar-refractivity contribution in [3.63, 3.8) is 0 Å². The summed E-state index contributed by atoms with van der Waals surface area (Å²) in [4.78, 5) is 3.71. The van der Waals surface area contributed by atoms with Crippen molar-refractivity contribution in [2.24, 2.45) is 0 Å². The number of nitrogens with one attached hydrogen (secondary N) is 1. The van der Waals surface area contributed by atoms with Crippen LogP contribution in [0, 0.1) is 13.8 Å². The Morgan fingerprint density at radius 3 is 1.98 bits per heavy atom. The van der Waals surface area contributed by atoms with Crippen LogP contribution < -0.4 is 14.4 Å². The van der Waals surface area contributed by atoms with Crippen molar-refractivity contribution >= 4 is 71.4 Å². The number of rotatable bonds is 8. The zero-order chi connectivity index (χ0) is 32.3. The molecule has 0 radical (unpaired) electrons. The Kier molecular flexibility index (Phi) is 14.8. The summed E-state index contributed by atoms with van der Waals surface area (Å²) in [5, 5.41) is 0. The Bertz CT molecular complexity index is 1600. The van der Waals surface area contributed by atoms with E-state index in [9.17, 15) is 25.9 Å². The number of hydrogen-bond acceptors (Lipinski definition) is 11. The molecular formula is C27H39N5O6S4. The molecule has 15 heteroatoms. The minimum atomic E-state index is -4.64. The van der Waals surface area contributed by atoms with Crippen molar-refractivity contribution in [2.45, 2.75) is 40.5 Å². The van der Waals surface area contributed by atoms with Gasteiger partial charge in [-0.15, -0.1) is 26.3 Å². The molecule has 0 amide bonds.